The van der Waals surface area contributed by atoms with E-state index in [1.54, 1.807) is 0 Å². The molecule has 1 unspecified atom stereocenters. The molecule has 3 fully saturated rings. The first-order valence-electron chi connectivity index (χ1n) is 10.9. The summed E-state index contributed by atoms with van der Waals surface area (Å²) in [5.41, 5.74) is 2.16. The standard InChI is InChI=1S/C22H33N5O.HI/c1-2-23-22(25-15-18-11-13-26(16-18)19-9-10-19)24-14-17-5-7-20(8-6-17)27-12-3-4-21(27)28;/h5-8,18-19H,2-4,9-16H2,1H3,(H2,23,24,25);1H. The first-order chi connectivity index (χ1) is 13.7. The number of nitrogens with one attached hydrogen (secondary N) is 2. The second-order valence-corrected chi connectivity index (χ2v) is 8.27. The Hall–Kier alpha value is -1.35. The number of guanidine groups is 1. The topological polar surface area (TPSA) is 60.0 Å². The maximum atomic E-state index is 11.9. The lowest BCUT2D eigenvalue weighted by atomic mass is 10.1. The number of benzene rings is 1. The summed E-state index contributed by atoms with van der Waals surface area (Å²) < 4.78 is 0. The monoisotopic (exact) mass is 511 g/mol. The van der Waals surface area contributed by atoms with Gasteiger partial charge in [-0.2, -0.15) is 0 Å². The average Bonchev–Trinajstić information content (AvgIpc) is 3.30. The summed E-state index contributed by atoms with van der Waals surface area (Å²) in [6.07, 6.45) is 5.72. The molecule has 6 nitrogen and oxygen atoms in total. The first-order valence-corrected chi connectivity index (χ1v) is 10.9. The highest BCUT2D eigenvalue weighted by atomic mass is 127. The third kappa shape index (κ3) is 6.07. The zero-order valence-corrected chi connectivity index (χ0v) is 19.7. The van der Waals surface area contributed by atoms with Gasteiger partial charge in [-0.1, -0.05) is 12.1 Å². The van der Waals surface area contributed by atoms with Gasteiger partial charge in [-0.15, -0.1) is 24.0 Å². The van der Waals surface area contributed by atoms with Crippen molar-refractivity contribution in [1.29, 1.82) is 0 Å². The molecule has 2 heterocycles. The summed E-state index contributed by atoms with van der Waals surface area (Å²) >= 11 is 0. The van der Waals surface area contributed by atoms with Crippen molar-refractivity contribution in [3.05, 3.63) is 29.8 Å². The van der Waals surface area contributed by atoms with E-state index in [4.69, 9.17) is 4.99 Å². The van der Waals surface area contributed by atoms with Gasteiger partial charge in [0.15, 0.2) is 5.96 Å². The molecule has 4 rings (SSSR count). The number of halogens is 1. The molecule has 2 aliphatic heterocycles. The van der Waals surface area contributed by atoms with Crippen molar-refractivity contribution in [2.75, 3.05) is 37.6 Å². The van der Waals surface area contributed by atoms with E-state index in [0.29, 0.717) is 13.0 Å². The van der Waals surface area contributed by atoms with Crippen LogP contribution < -0.4 is 15.5 Å². The van der Waals surface area contributed by atoms with Crippen LogP contribution in [0.15, 0.2) is 29.3 Å². The van der Waals surface area contributed by atoms with Gasteiger partial charge >= 0.3 is 0 Å². The van der Waals surface area contributed by atoms with Gasteiger partial charge in [0.25, 0.3) is 0 Å². The van der Waals surface area contributed by atoms with Crippen LogP contribution in [0.4, 0.5) is 5.69 Å². The molecule has 1 aromatic carbocycles. The van der Waals surface area contributed by atoms with Gasteiger partial charge in [0, 0.05) is 44.3 Å². The molecule has 3 aliphatic rings. The molecule has 0 spiro atoms. The third-order valence-electron chi connectivity index (χ3n) is 6.02. The molecule has 160 valence electrons. The summed E-state index contributed by atoms with van der Waals surface area (Å²) in [6, 6.07) is 9.13. The minimum absolute atomic E-state index is 0. The van der Waals surface area contributed by atoms with Gasteiger partial charge in [0.05, 0.1) is 6.54 Å². The number of carbonyl (C=O) groups excluding carboxylic acids is 1. The Kier molecular flexibility index (Phi) is 8.17. The van der Waals surface area contributed by atoms with Crippen molar-refractivity contribution in [3.8, 4) is 0 Å². The van der Waals surface area contributed by atoms with Gasteiger partial charge in [-0.05, 0) is 62.8 Å². The van der Waals surface area contributed by atoms with Crippen molar-refractivity contribution in [1.82, 2.24) is 15.5 Å². The quantitative estimate of drug-likeness (QED) is 0.336. The molecule has 1 atom stereocenters. The Balaban J connectivity index is 0.00000240. The van der Waals surface area contributed by atoms with Crippen LogP contribution in [0, 0.1) is 5.92 Å². The number of hydrogen-bond acceptors (Lipinski definition) is 3. The highest BCUT2D eigenvalue weighted by Crippen LogP contribution is 2.31. The predicted octanol–water partition coefficient (Wildman–Crippen LogP) is 2.97. The third-order valence-corrected chi connectivity index (χ3v) is 6.02. The number of rotatable bonds is 7. The Labute approximate surface area is 191 Å². The first kappa shape index (κ1) is 22.3. The van der Waals surface area contributed by atoms with Crippen LogP contribution in [0.25, 0.3) is 0 Å². The van der Waals surface area contributed by atoms with Crippen LogP contribution in [-0.4, -0.2) is 55.5 Å². The lowest BCUT2D eigenvalue weighted by molar-refractivity contribution is -0.117. The summed E-state index contributed by atoms with van der Waals surface area (Å²) in [5.74, 6) is 1.85. The molecule has 1 aliphatic carbocycles. The largest absolute Gasteiger partial charge is 0.357 e. The normalized spacial score (nSPS) is 22.7. The van der Waals surface area contributed by atoms with E-state index >= 15 is 0 Å². The summed E-state index contributed by atoms with van der Waals surface area (Å²) in [5, 5.41) is 6.89. The van der Waals surface area contributed by atoms with Crippen LogP contribution >= 0.6 is 24.0 Å². The smallest absolute Gasteiger partial charge is 0.227 e. The van der Waals surface area contributed by atoms with E-state index in [-0.39, 0.29) is 29.9 Å². The van der Waals surface area contributed by atoms with Crippen LogP contribution in [0.2, 0.25) is 0 Å². The van der Waals surface area contributed by atoms with E-state index in [0.717, 1.165) is 55.2 Å². The van der Waals surface area contributed by atoms with Crippen molar-refractivity contribution in [2.24, 2.45) is 10.9 Å². The number of aliphatic imine (C=N–C) groups is 1. The molecule has 1 amide bonds. The Morgan fingerprint density at radius 2 is 1.93 bits per heavy atom. The fourth-order valence-electron chi connectivity index (χ4n) is 4.26. The summed E-state index contributed by atoms with van der Waals surface area (Å²) in [6.45, 7) is 7.92. The van der Waals surface area contributed by atoms with Crippen molar-refractivity contribution >= 4 is 41.5 Å². The van der Waals surface area contributed by atoms with Gasteiger partial charge in [0.1, 0.15) is 0 Å². The lowest BCUT2D eigenvalue weighted by Crippen LogP contribution is -2.40. The van der Waals surface area contributed by atoms with E-state index < -0.39 is 0 Å². The molecule has 0 radical (unpaired) electrons. The zero-order chi connectivity index (χ0) is 19.3. The minimum Gasteiger partial charge on any atom is -0.357 e. The van der Waals surface area contributed by atoms with E-state index in [9.17, 15) is 4.79 Å². The lowest BCUT2D eigenvalue weighted by Gasteiger charge is -2.17. The van der Waals surface area contributed by atoms with Gasteiger partial charge in [-0.3, -0.25) is 4.79 Å². The number of nitrogens with zero attached hydrogens (tertiary/aromatic N) is 3. The maximum Gasteiger partial charge on any atom is 0.227 e. The van der Waals surface area contributed by atoms with Crippen molar-refractivity contribution < 1.29 is 4.79 Å². The molecule has 7 heteroatoms. The summed E-state index contributed by atoms with van der Waals surface area (Å²) in [4.78, 5) is 21.2. The molecule has 0 aromatic heterocycles. The minimum atomic E-state index is 0. The molecule has 1 aromatic rings. The van der Waals surface area contributed by atoms with Crippen LogP contribution in [0.1, 0.15) is 44.6 Å². The summed E-state index contributed by atoms with van der Waals surface area (Å²) in [7, 11) is 0. The molecule has 2 N–H and O–H groups in total. The SMILES string of the molecule is CCNC(=NCc1ccc(N2CCCC2=O)cc1)NCC1CCN(C2CC2)C1.I. The average molecular weight is 511 g/mol. The number of hydrogen-bond donors (Lipinski definition) is 2. The number of likely N-dealkylation sites (tertiary alicyclic amines) is 1. The Bertz CT molecular complexity index is 704. The zero-order valence-electron chi connectivity index (χ0n) is 17.4. The molecule has 0 bridgehead atoms. The van der Waals surface area contributed by atoms with Crippen molar-refractivity contribution in [3.63, 3.8) is 0 Å². The van der Waals surface area contributed by atoms with Crippen LogP contribution in [0.3, 0.4) is 0 Å². The van der Waals surface area contributed by atoms with E-state index in [2.05, 4.69) is 34.6 Å². The maximum absolute atomic E-state index is 11.9. The highest BCUT2D eigenvalue weighted by molar-refractivity contribution is 14.0. The molecule has 29 heavy (non-hydrogen) atoms. The molecular weight excluding hydrogens is 477 g/mol. The van der Waals surface area contributed by atoms with Gasteiger partial charge < -0.3 is 20.4 Å². The molecular formula is C22H34IN5O. The fraction of sp³-hybridized carbons (Fsp3) is 0.636. The van der Waals surface area contributed by atoms with E-state index in [1.807, 2.05) is 17.0 Å². The highest BCUT2D eigenvalue weighted by Gasteiger charge is 2.34. The number of carbonyl (C=O) groups is 1. The molecule has 2 saturated heterocycles. The van der Waals surface area contributed by atoms with E-state index in [1.165, 1.54) is 32.4 Å². The fourth-order valence-corrected chi connectivity index (χ4v) is 4.26. The Morgan fingerprint density at radius 1 is 1.14 bits per heavy atom. The second kappa shape index (κ2) is 10.6. The Morgan fingerprint density at radius 3 is 2.59 bits per heavy atom. The number of anilines is 1. The molecule has 1 saturated carbocycles. The van der Waals surface area contributed by atoms with Gasteiger partial charge in [0.2, 0.25) is 5.91 Å². The second-order valence-electron chi connectivity index (χ2n) is 8.27. The number of amides is 1. The predicted molar refractivity (Wildman–Crippen MR) is 129 cm³/mol. The van der Waals surface area contributed by atoms with Crippen molar-refractivity contribution in [2.45, 2.75) is 51.6 Å². The van der Waals surface area contributed by atoms with Gasteiger partial charge in [-0.25, -0.2) is 4.99 Å². The van der Waals surface area contributed by atoms with Crippen LogP contribution in [0.5, 0.6) is 0 Å². The van der Waals surface area contributed by atoms with Crippen LogP contribution in [-0.2, 0) is 11.3 Å².